The molecule has 0 unspecified atom stereocenters. The number of carbonyl (C=O) groups is 1. The van der Waals surface area contributed by atoms with E-state index in [-0.39, 0.29) is 11.3 Å². The maximum absolute atomic E-state index is 12.4. The largest absolute Gasteiger partial charge is 0.352 e. The van der Waals surface area contributed by atoms with Crippen molar-refractivity contribution in [2.45, 2.75) is 58.4 Å². The molecule has 0 bridgehead atoms. The van der Waals surface area contributed by atoms with Gasteiger partial charge in [0.25, 0.3) is 0 Å². The molecule has 17 heavy (non-hydrogen) atoms. The normalized spacial score (nSPS) is 20.7. The molecule has 0 saturated heterocycles. The predicted octanol–water partition coefficient (Wildman–Crippen LogP) is 2.06. The smallest absolute Gasteiger partial charge is 0.227 e. The van der Waals surface area contributed by atoms with E-state index < -0.39 is 0 Å². The van der Waals surface area contributed by atoms with Gasteiger partial charge >= 0.3 is 0 Å². The van der Waals surface area contributed by atoms with E-state index in [9.17, 15) is 4.79 Å². The lowest BCUT2D eigenvalue weighted by Gasteiger charge is -2.31. The van der Waals surface area contributed by atoms with Gasteiger partial charge in [-0.15, -0.1) is 0 Å². The molecule has 0 aromatic heterocycles. The SMILES string of the molecule is CCC(CC)(CN)C(=O)NC(C1CC1)C1CC1. The van der Waals surface area contributed by atoms with Crippen molar-refractivity contribution in [3.8, 4) is 0 Å². The zero-order chi connectivity index (χ0) is 12.5. The highest BCUT2D eigenvalue weighted by molar-refractivity contribution is 5.83. The highest BCUT2D eigenvalue weighted by atomic mass is 16.2. The Morgan fingerprint density at radius 2 is 1.71 bits per heavy atom. The lowest BCUT2D eigenvalue weighted by atomic mass is 9.81. The van der Waals surface area contributed by atoms with Gasteiger partial charge in [0, 0.05) is 12.6 Å². The van der Waals surface area contributed by atoms with Gasteiger partial charge in [-0.25, -0.2) is 0 Å². The third-order valence-corrected chi connectivity index (χ3v) is 4.78. The van der Waals surface area contributed by atoms with Crippen LogP contribution in [0.4, 0.5) is 0 Å². The maximum Gasteiger partial charge on any atom is 0.227 e. The van der Waals surface area contributed by atoms with E-state index in [0.29, 0.717) is 12.6 Å². The molecule has 0 radical (unpaired) electrons. The molecule has 0 aromatic carbocycles. The Hall–Kier alpha value is -0.570. The Labute approximate surface area is 105 Å². The molecule has 2 rings (SSSR count). The first-order valence-electron chi connectivity index (χ1n) is 7.18. The average Bonchev–Trinajstić information content (AvgIpc) is 3.19. The lowest BCUT2D eigenvalue weighted by molar-refractivity contribution is -0.132. The molecule has 1 amide bonds. The van der Waals surface area contributed by atoms with Gasteiger partial charge in [0.2, 0.25) is 5.91 Å². The summed E-state index contributed by atoms with van der Waals surface area (Å²) in [5.74, 6) is 1.72. The molecule has 3 N–H and O–H groups in total. The van der Waals surface area contributed by atoms with Gasteiger partial charge in [-0.05, 0) is 50.4 Å². The molecule has 0 aliphatic heterocycles. The van der Waals surface area contributed by atoms with E-state index in [1.54, 1.807) is 0 Å². The van der Waals surface area contributed by atoms with E-state index in [1.165, 1.54) is 25.7 Å². The van der Waals surface area contributed by atoms with Crippen LogP contribution in [0.25, 0.3) is 0 Å². The van der Waals surface area contributed by atoms with Crippen LogP contribution in [0.5, 0.6) is 0 Å². The van der Waals surface area contributed by atoms with Gasteiger partial charge < -0.3 is 11.1 Å². The molecule has 0 atom stereocenters. The van der Waals surface area contributed by atoms with E-state index in [4.69, 9.17) is 5.73 Å². The monoisotopic (exact) mass is 238 g/mol. The fourth-order valence-electron chi connectivity index (χ4n) is 2.79. The van der Waals surface area contributed by atoms with Crippen LogP contribution >= 0.6 is 0 Å². The van der Waals surface area contributed by atoms with Crippen LogP contribution in [0.2, 0.25) is 0 Å². The van der Waals surface area contributed by atoms with Crippen LogP contribution < -0.4 is 11.1 Å². The first kappa shape index (κ1) is 12.9. The minimum Gasteiger partial charge on any atom is -0.352 e. The fourth-order valence-corrected chi connectivity index (χ4v) is 2.79. The molecular weight excluding hydrogens is 212 g/mol. The first-order chi connectivity index (χ1) is 8.16. The molecular formula is C14H26N2O. The standard InChI is InChI=1S/C14H26N2O/c1-3-14(4-2,9-15)13(17)16-12(10-5-6-10)11-7-8-11/h10-12H,3-9,15H2,1-2H3,(H,16,17). The molecule has 2 aliphatic rings. The maximum atomic E-state index is 12.4. The van der Waals surface area contributed by atoms with Gasteiger partial charge in [-0.1, -0.05) is 13.8 Å². The summed E-state index contributed by atoms with van der Waals surface area (Å²) in [4.78, 5) is 12.4. The second-order valence-electron chi connectivity index (χ2n) is 5.87. The van der Waals surface area contributed by atoms with Crippen molar-refractivity contribution >= 4 is 5.91 Å². The first-order valence-corrected chi connectivity index (χ1v) is 7.18. The Morgan fingerprint density at radius 3 is 2.00 bits per heavy atom. The van der Waals surface area contributed by atoms with Crippen LogP contribution in [0.15, 0.2) is 0 Å². The van der Waals surface area contributed by atoms with Crippen molar-refractivity contribution in [1.29, 1.82) is 0 Å². The highest BCUT2D eigenvalue weighted by Gasteiger charge is 2.44. The summed E-state index contributed by atoms with van der Waals surface area (Å²) in [6.45, 7) is 4.60. The van der Waals surface area contributed by atoms with E-state index in [1.807, 2.05) is 0 Å². The van der Waals surface area contributed by atoms with E-state index in [2.05, 4.69) is 19.2 Å². The number of nitrogens with two attached hydrogens (primary N) is 1. The molecule has 2 aliphatic carbocycles. The number of amides is 1. The summed E-state index contributed by atoms with van der Waals surface area (Å²) in [7, 11) is 0. The Bertz CT molecular complexity index is 258. The topological polar surface area (TPSA) is 55.1 Å². The summed E-state index contributed by atoms with van der Waals surface area (Å²) in [6, 6.07) is 0.450. The quantitative estimate of drug-likeness (QED) is 0.713. The summed E-state index contributed by atoms with van der Waals surface area (Å²) < 4.78 is 0. The fraction of sp³-hybridized carbons (Fsp3) is 0.929. The van der Waals surface area contributed by atoms with Crippen LogP contribution in [0.1, 0.15) is 52.4 Å². The Morgan fingerprint density at radius 1 is 1.24 bits per heavy atom. The summed E-state index contributed by atoms with van der Waals surface area (Å²) in [5, 5.41) is 3.32. The molecule has 0 spiro atoms. The zero-order valence-corrected chi connectivity index (χ0v) is 11.2. The molecule has 2 fully saturated rings. The van der Waals surface area contributed by atoms with E-state index >= 15 is 0 Å². The van der Waals surface area contributed by atoms with Crippen molar-refractivity contribution < 1.29 is 4.79 Å². The summed E-state index contributed by atoms with van der Waals surface area (Å²) in [6.07, 6.45) is 6.89. The van der Waals surface area contributed by atoms with Gasteiger partial charge in [0.05, 0.1) is 5.41 Å². The molecule has 0 heterocycles. The Balaban J connectivity index is 1.97. The van der Waals surface area contributed by atoms with Crippen molar-refractivity contribution in [3.05, 3.63) is 0 Å². The van der Waals surface area contributed by atoms with Crippen LogP contribution in [0, 0.1) is 17.3 Å². The third-order valence-electron chi connectivity index (χ3n) is 4.78. The summed E-state index contributed by atoms with van der Waals surface area (Å²) >= 11 is 0. The van der Waals surface area contributed by atoms with Crippen LogP contribution in [0.3, 0.4) is 0 Å². The average molecular weight is 238 g/mol. The minimum atomic E-state index is -0.331. The Kier molecular flexibility index (Phi) is 3.76. The number of hydrogen-bond acceptors (Lipinski definition) is 2. The predicted molar refractivity (Wildman–Crippen MR) is 69.4 cm³/mol. The van der Waals surface area contributed by atoms with Crippen molar-refractivity contribution in [3.63, 3.8) is 0 Å². The molecule has 98 valence electrons. The number of rotatable bonds is 7. The van der Waals surface area contributed by atoms with Crippen molar-refractivity contribution in [2.75, 3.05) is 6.54 Å². The van der Waals surface area contributed by atoms with Gasteiger partial charge in [0.1, 0.15) is 0 Å². The van der Waals surface area contributed by atoms with Crippen molar-refractivity contribution in [1.82, 2.24) is 5.32 Å². The van der Waals surface area contributed by atoms with Gasteiger partial charge in [0.15, 0.2) is 0 Å². The lowest BCUT2D eigenvalue weighted by Crippen LogP contribution is -2.50. The highest BCUT2D eigenvalue weighted by Crippen LogP contribution is 2.45. The zero-order valence-electron chi connectivity index (χ0n) is 11.2. The molecule has 3 nitrogen and oxygen atoms in total. The van der Waals surface area contributed by atoms with Crippen LogP contribution in [-0.4, -0.2) is 18.5 Å². The number of nitrogens with one attached hydrogen (secondary N) is 1. The van der Waals surface area contributed by atoms with Crippen molar-refractivity contribution in [2.24, 2.45) is 23.0 Å². The second-order valence-corrected chi connectivity index (χ2v) is 5.87. The van der Waals surface area contributed by atoms with Crippen LogP contribution in [-0.2, 0) is 4.79 Å². The number of hydrogen-bond donors (Lipinski definition) is 2. The molecule has 2 saturated carbocycles. The van der Waals surface area contributed by atoms with Gasteiger partial charge in [-0.3, -0.25) is 4.79 Å². The second kappa shape index (κ2) is 4.97. The third kappa shape index (κ3) is 2.65. The number of carbonyl (C=O) groups excluding carboxylic acids is 1. The molecule has 0 aromatic rings. The summed E-state index contributed by atoms with van der Waals surface area (Å²) in [5.41, 5.74) is 5.50. The van der Waals surface area contributed by atoms with E-state index in [0.717, 1.165) is 24.7 Å². The van der Waals surface area contributed by atoms with Gasteiger partial charge in [-0.2, -0.15) is 0 Å². The minimum absolute atomic E-state index is 0.203. The molecule has 3 heteroatoms.